The van der Waals surface area contributed by atoms with Crippen LogP contribution in [0, 0.1) is 6.92 Å². The smallest absolute Gasteiger partial charge is 0.242 e. The van der Waals surface area contributed by atoms with Crippen molar-refractivity contribution in [2.75, 3.05) is 19.6 Å². The van der Waals surface area contributed by atoms with E-state index >= 15 is 0 Å². The highest BCUT2D eigenvalue weighted by Gasteiger charge is 2.22. The van der Waals surface area contributed by atoms with E-state index in [-0.39, 0.29) is 17.3 Å². The number of hydrogen-bond donors (Lipinski definition) is 1. The van der Waals surface area contributed by atoms with Gasteiger partial charge in [0.25, 0.3) is 0 Å². The van der Waals surface area contributed by atoms with Crippen molar-refractivity contribution in [2.24, 2.45) is 0 Å². The van der Waals surface area contributed by atoms with Crippen LogP contribution < -0.4 is 4.72 Å². The monoisotopic (exact) mass is 360 g/mol. The van der Waals surface area contributed by atoms with Crippen molar-refractivity contribution in [3.05, 3.63) is 28.2 Å². The Kier molecular flexibility index (Phi) is 4.82. The van der Waals surface area contributed by atoms with Crippen LogP contribution in [0.25, 0.3) is 0 Å². The van der Waals surface area contributed by atoms with Crippen LogP contribution in [-0.4, -0.2) is 38.9 Å². The molecule has 1 aromatic rings. The van der Waals surface area contributed by atoms with Crippen molar-refractivity contribution in [1.29, 1.82) is 0 Å². The Morgan fingerprint density at radius 3 is 2.60 bits per heavy atom. The number of likely N-dealkylation sites (tertiary alicyclic amines) is 1. The fourth-order valence-corrected chi connectivity index (χ4v) is 4.30. The number of amides is 1. The summed E-state index contributed by atoms with van der Waals surface area (Å²) >= 11 is 3.24. The Morgan fingerprint density at radius 2 is 2.00 bits per heavy atom. The van der Waals surface area contributed by atoms with Gasteiger partial charge in [-0.1, -0.05) is 6.07 Å². The van der Waals surface area contributed by atoms with Gasteiger partial charge in [-0.3, -0.25) is 4.79 Å². The van der Waals surface area contributed by atoms with Gasteiger partial charge in [0.2, 0.25) is 15.9 Å². The van der Waals surface area contributed by atoms with Gasteiger partial charge in [-0.25, -0.2) is 13.1 Å². The molecule has 7 heteroatoms. The number of rotatable bonds is 4. The van der Waals surface area contributed by atoms with Crippen LogP contribution in [0.3, 0.4) is 0 Å². The fourth-order valence-electron chi connectivity index (χ4n) is 2.14. The van der Waals surface area contributed by atoms with E-state index in [1.165, 1.54) is 6.07 Å². The zero-order valence-electron chi connectivity index (χ0n) is 11.2. The molecular weight excluding hydrogens is 344 g/mol. The van der Waals surface area contributed by atoms with Crippen molar-refractivity contribution < 1.29 is 13.2 Å². The molecule has 1 heterocycles. The van der Waals surface area contributed by atoms with E-state index in [0.717, 1.165) is 31.5 Å². The molecular formula is C13H17BrN2O3S. The Morgan fingerprint density at radius 1 is 1.35 bits per heavy atom. The number of aryl methyl sites for hydroxylation is 1. The minimum Gasteiger partial charge on any atom is -0.342 e. The van der Waals surface area contributed by atoms with Crippen LogP contribution in [0.2, 0.25) is 0 Å². The van der Waals surface area contributed by atoms with Gasteiger partial charge in [0.15, 0.2) is 0 Å². The summed E-state index contributed by atoms with van der Waals surface area (Å²) in [5.41, 5.74) is 0.962. The van der Waals surface area contributed by atoms with E-state index in [4.69, 9.17) is 0 Å². The molecule has 0 atom stereocenters. The molecule has 0 radical (unpaired) electrons. The molecule has 1 amide bonds. The third-order valence-corrected chi connectivity index (χ3v) is 5.63. The molecule has 1 aliphatic rings. The molecule has 5 nitrogen and oxygen atoms in total. The van der Waals surface area contributed by atoms with Crippen molar-refractivity contribution in [3.8, 4) is 0 Å². The number of hydrogen-bond acceptors (Lipinski definition) is 3. The maximum Gasteiger partial charge on any atom is 0.242 e. The minimum atomic E-state index is -3.68. The average molecular weight is 361 g/mol. The average Bonchev–Trinajstić information content (AvgIpc) is 2.89. The molecule has 0 bridgehead atoms. The summed E-state index contributed by atoms with van der Waals surface area (Å²) in [4.78, 5) is 13.7. The molecule has 0 aliphatic carbocycles. The number of nitrogens with one attached hydrogen (secondary N) is 1. The highest BCUT2D eigenvalue weighted by atomic mass is 79.9. The number of sulfonamides is 1. The van der Waals surface area contributed by atoms with E-state index in [9.17, 15) is 13.2 Å². The Labute approximate surface area is 127 Å². The summed E-state index contributed by atoms with van der Waals surface area (Å²) in [5.74, 6) is -0.172. The minimum absolute atomic E-state index is 0.150. The van der Waals surface area contributed by atoms with Crippen LogP contribution in [0.15, 0.2) is 27.6 Å². The molecule has 0 unspecified atom stereocenters. The SMILES string of the molecule is Cc1ccc(S(=O)(=O)NCC(=O)N2CCCC2)c(Br)c1. The highest BCUT2D eigenvalue weighted by molar-refractivity contribution is 9.10. The van der Waals surface area contributed by atoms with E-state index < -0.39 is 10.0 Å². The topological polar surface area (TPSA) is 66.5 Å². The van der Waals surface area contributed by atoms with Gasteiger partial charge in [0, 0.05) is 17.6 Å². The zero-order valence-corrected chi connectivity index (χ0v) is 13.6. The molecule has 1 fully saturated rings. The van der Waals surface area contributed by atoms with Crippen molar-refractivity contribution in [3.63, 3.8) is 0 Å². The van der Waals surface area contributed by atoms with Crippen molar-refractivity contribution >= 4 is 31.9 Å². The van der Waals surface area contributed by atoms with Crippen LogP contribution in [-0.2, 0) is 14.8 Å². The lowest BCUT2D eigenvalue weighted by Gasteiger charge is -2.16. The van der Waals surface area contributed by atoms with Gasteiger partial charge < -0.3 is 4.90 Å². The van der Waals surface area contributed by atoms with Gasteiger partial charge in [-0.2, -0.15) is 0 Å². The Balaban J connectivity index is 2.05. The van der Waals surface area contributed by atoms with Crippen LogP contribution in [0.1, 0.15) is 18.4 Å². The lowest BCUT2D eigenvalue weighted by atomic mass is 10.2. The van der Waals surface area contributed by atoms with Crippen LogP contribution in [0.5, 0.6) is 0 Å². The van der Waals surface area contributed by atoms with Gasteiger partial charge in [0.05, 0.1) is 11.4 Å². The molecule has 0 spiro atoms. The number of carbonyl (C=O) groups excluding carboxylic acids is 1. The first kappa shape index (κ1) is 15.5. The lowest BCUT2D eigenvalue weighted by molar-refractivity contribution is -0.128. The molecule has 1 aromatic carbocycles. The van der Waals surface area contributed by atoms with E-state index in [2.05, 4.69) is 20.7 Å². The quantitative estimate of drug-likeness (QED) is 0.887. The predicted octanol–water partition coefficient (Wildman–Crippen LogP) is 1.66. The maximum atomic E-state index is 12.2. The molecule has 1 saturated heterocycles. The number of halogens is 1. The summed E-state index contributed by atoms with van der Waals surface area (Å²) in [7, 11) is -3.68. The van der Waals surface area contributed by atoms with E-state index in [1.54, 1.807) is 17.0 Å². The molecule has 0 aromatic heterocycles. The summed E-state index contributed by atoms with van der Waals surface area (Å²) in [6.07, 6.45) is 1.98. The lowest BCUT2D eigenvalue weighted by Crippen LogP contribution is -2.38. The number of nitrogens with zero attached hydrogens (tertiary/aromatic N) is 1. The molecule has 110 valence electrons. The van der Waals surface area contributed by atoms with Gasteiger partial charge in [0.1, 0.15) is 0 Å². The Hall–Kier alpha value is -0.920. The first-order valence-electron chi connectivity index (χ1n) is 6.44. The van der Waals surface area contributed by atoms with Crippen molar-refractivity contribution in [1.82, 2.24) is 9.62 Å². The highest BCUT2D eigenvalue weighted by Crippen LogP contribution is 2.22. The summed E-state index contributed by atoms with van der Waals surface area (Å²) in [6.45, 7) is 3.12. The summed E-state index contributed by atoms with van der Waals surface area (Å²) < 4.78 is 27.2. The second-order valence-corrected chi connectivity index (χ2v) is 7.44. The first-order valence-corrected chi connectivity index (χ1v) is 8.71. The predicted molar refractivity (Wildman–Crippen MR) is 79.9 cm³/mol. The summed E-state index contributed by atoms with van der Waals surface area (Å²) in [6, 6.07) is 4.99. The number of carbonyl (C=O) groups is 1. The van der Waals surface area contributed by atoms with Crippen LogP contribution in [0.4, 0.5) is 0 Å². The second kappa shape index (κ2) is 6.24. The second-order valence-electron chi connectivity index (χ2n) is 4.85. The van der Waals surface area contributed by atoms with E-state index in [0.29, 0.717) is 4.47 Å². The number of benzene rings is 1. The first-order chi connectivity index (χ1) is 9.40. The molecule has 1 aliphatic heterocycles. The normalized spacial score (nSPS) is 15.6. The third kappa shape index (κ3) is 3.59. The standard InChI is InChI=1S/C13H17BrN2O3S/c1-10-4-5-12(11(14)8-10)20(18,19)15-9-13(17)16-6-2-3-7-16/h4-5,8,15H,2-3,6-7,9H2,1H3. The maximum absolute atomic E-state index is 12.2. The molecule has 0 saturated carbocycles. The molecule has 20 heavy (non-hydrogen) atoms. The summed E-state index contributed by atoms with van der Waals surface area (Å²) in [5, 5.41) is 0. The van der Waals surface area contributed by atoms with E-state index in [1.807, 2.05) is 6.92 Å². The van der Waals surface area contributed by atoms with Gasteiger partial charge >= 0.3 is 0 Å². The largest absolute Gasteiger partial charge is 0.342 e. The Bertz CT molecular complexity index is 610. The van der Waals surface area contributed by atoms with Gasteiger partial charge in [-0.15, -0.1) is 0 Å². The molecule has 1 N–H and O–H groups in total. The van der Waals surface area contributed by atoms with Crippen molar-refractivity contribution in [2.45, 2.75) is 24.7 Å². The zero-order chi connectivity index (χ0) is 14.8. The molecule has 2 rings (SSSR count). The van der Waals surface area contributed by atoms with Crippen LogP contribution >= 0.6 is 15.9 Å². The fraction of sp³-hybridized carbons (Fsp3) is 0.462. The van der Waals surface area contributed by atoms with Gasteiger partial charge in [-0.05, 0) is 53.4 Å². The third-order valence-electron chi connectivity index (χ3n) is 3.25.